The number of nitrogens with one attached hydrogen (secondary N) is 1. The number of nitrogens with zero attached hydrogens (tertiary/aromatic N) is 2. The average molecular weight is 343 g/mol. The third-order valence-electron chi connectivity index (χ3n) is 4.38. The van der Waals surface area contributed by atoms with Gasteiger partial charge in [-0.05, 0) is 43.5 Å². The molecule has 0 bridgehead atoms. The molecule has 1 aliphatic rings. The molecule has 6 heteroatoms. The number of aryl methyl sites for hydroxylation is 1. The quantitative estimate of drug-likeness (QED) is 0.800. The third kappa shape index (κ3) is 4.47. The summed E-state index contributed by atoms with van der Waals surface area (Å²) in [6.45, 7) is 6.21. The van der Waals surface area contributed by atoms with Crippen molar-refractivity contribution in [1.29, 1.82) is 0 Å². The van der Waals surface area contributed by atoms with Gasteiger partial charge in [-0.15, -0.1) is 6.58 Å². The molecule has 0 atom stereocenters. The van der Waals surface area contributed by atoms with Gasteiger partial charge in [0.05, 0.1) is 6.54 Å². The summed E-state index contributed by atoms with van der Waals surface area (Å²) in [4.78, 5) is 39.6. The first-order valence-corrected chi connectivity index (χ1v) is 8.37. The second-order valence-corrected chi connectivity index (χ2v) is 6.40. The average Bonchev–Trinajstić information content (AvgIpc) is 2.60. The number of fused-ring (bicyclic) bond motifs is 1. The largest absolute Gasteiger partial charge is 0.358 e. The van der Waals surface area contributed by atoms with Crippen molar-refractivity contribution in [2.45, 2.75) is 26.2 Å². The summed E-state index contributed by atoms with van der Waals surface area (Å²) in [6, 6.07) is 5.35. The van der Waals surface area contributed by atoms with Crippen LogP contribution in [0.1, 0.15) is 35.7 Å². The van der Waals surface area contributed by atoms with Crippen LogP contribution in [-0.2, 0) is 16.0 Å². The molecule has 0 saturated heterocycles. The van der Waals surface area contributed by atoms with Gasteiger partial charge in [0.2, 0.25) is 11.8 Å². The van der Waals surface area contributed by atoms with Crippen molar-refractivity contribution in [2.75, 3.05) is 32.1 Å². The SMILES string of the molecule is C=C(C)CCN(CC(=O)NC)C(=O)c1ccc2c(c1)CCC(=O)N2C. The zero-order chi connectivity index (χ0) is 18.6. The van der Waals surface area contributed by atoms with Gasteiger partial charge >= 0.3 is 0 Å². The van der Waals surface area contributed by atoms with E-state index in [1.807, 2.05) is 13.0 Å². The third-order valence-corrected chi connectivity index (χ3v) is 4.38. The molecule has 134 valence electrons. The molecular weight excluding hydrogens is 318 g/mol. The van der Waals surface area contributed by atoms with E-state index < -0.39 is 0 Å². The van der Waals surface area contributed by atoms with Crippen LogP contribution >= 0.6 is 0 Å². The highest BCUT2D eigenvalue weighted by Crippen LogP contribution is 2.28. The molecule has 0 fully saturated rings. The fourth-order valence-corrected chi connectivity index (χ4v) is 2.80. The van der Waals surface area contributed by atoms with E-state index in [9.17, 15) is 14.4 Å². The second-order valence-electron chi connectivity index (χ2n) is 6.40. The predicted molar refractivity (Wildman–Crippen MR) is 97.6 cm³/mol. The van der Waals surface area contributed by atoms with Gasteiger partial charge in [-0.2, -0.15) is 0 Å². The molecule has 0 saturated carbocycles. The molecule has 1 heterocycles. The lowest BCUT2D eigenvalue weighted by Gasteiger charge is -2.27. The Labute approximate surface area is 148 Å². The number of hydrogen-bond donors (Lipinski definition) is 1. The molecule has 1 aliphatic heterocycles. The van der Waals surface area contributed by atoms with Crippen molar-refractivity contribution >= 4 is 23.4 Å². The first-order valence-electron chi connectivity index (χ1n) is 8.37. The lowest BCUT2D eigenvalue weighted by Crippen LogP contribution is -2.40. The molecular formula is C19H25N3O3. The molecule has 0 aliphatic carbocycles. The van der Waals surface area contributed by atoms with Gasteiger partial charge in [0, 0.05) is 38.3 Å². The Hall–Kier alpha value is -2.63. The van der Waals surface area contributed by atoms with E-state index in [1.54, 1.807) is 31.1 Å². The van der Waals surface area contributed by atoms with Crippen molar-refractivity contribution in [3.63, 3.8) is 0 Å². The van der Waals surface area contributed by atoms with Gasteiger partial charge in [0.25, 0.3) is 5.91 Å². The van der Waals surface area contributed by atoms with Crippen LogP contribution in [0.5, 0.6) is 0 Å². The summed E-state index contributed by atoms with van der Waals surface area (Å²) < 4.78 is 0. The van der Waals surface area contributed by atoms with Gasteiger partial charge < -0.3 is 15.1 Å². The van der Waals surface area contributed by atoms with Crippen LogP contribution in [0.25, 0.3) is 0 Å². The summed E-state index contributed by atoms with van der Waals surface area (Å²) in [7, 11) is 3.29. The van der Waals surface area contributed by atoms with Crippen molar-refractivity contribution in [2.24, 2.45) is 0 Å². The predicted octanol–water partition coefficient (Wildman–Crippen LogP) is 1.75. The number of amides is 3. The normalized spacial score (nSPS) is 13.2. The van der Waals surface area contributed by atoms with Crippen LogP contribution in [0.15, 0.2) is 30.4 Å². The maximum atomic E-state index is 12.9. The molecule has 25 heavy (non-hydrogen) atoms. The van der Waals surface area contributed by atoms with E-state index in [2.05, 4.69) is 11.9 Å². The number of rotatable bonds is 6. The Bertz CT molecular complexity index is 712. The van der Waals surface area contributed by atoms with Gasteiger partial charge in [0.1, 0.15) is 0 Å². The van der Waals surface area contributed by atoms with Gasteiger partial charge in [-0.1, -0.05) is 5.57 Å². The number of hydrogen-bond acceptors (Lipinski definition) is 3. The van der Waals surface area contributed by atoms with E-state index >= 15 is 0 Å². The Balaban J connectivity index is 2.24. The second kappa shape index (κ2) is 7.96. The standard InChI is InChI=1S/C19H25N3O3/c1-13(2)9-10-22(12-17(23)20-3)19(25)15-5-7-16-14(11-15)6-8-18(24)21(16)4/h5,7,11H,1,6,8-10,12H2,2-4H3,(H,20,23). The van der Waals surface area contributed by atoms with E-state index in [0.717, 1.165) is 16.8 Å². The van der Waals surface area contributed by atoms with Crippen LogP contribution in [0, 0.1) is 0 Å². The number of carbonyl (C=O) groups excluding carboxylic acids is 3. The summed E-state index contributed by atoms with van der Waals surface area (Å²) in [5.41, 5.74) is 3.31. The highest BCUT2D eigenvalue weighted by atomic mass is 16.2. The first-order chi connectivity index (χ1) is 11.8. The summed E-state index contributed by atoms with van der Waals surface area (Å²) in [6.07, 6.45) is 1.71. The lowest BCUT2D eigenvalue weighted by atomic mass is 9.98. The van der Waals surface area contributed by atoms with Crippen LogP contribution in [0.4, 0.5) is 5.69 Å². The van der Waals surface area contributed by atoms with Crippen LogP contribution in [-0.4, -0.2) is 49.8 Å². The zero-order valence-corrected chi connectivity index (χ0v) is 15.1. The fraction of sp³-hybridized carbons (Fsp3) is 0.421. The molecule has 1 aromatic rings. The van der Waals surface area contributed by atoms with E-state index in [-0.39, 0.29) is 24.3 Å². The number of likely N-dealkylation sites (N-methyl/N-ethyl adjacent to an activating group) is 1. The zero-order valence-electron chi connectivity index (χ0n) is 15.1. The maximum absolute atomic E-state index is 12.9. The highest BCUT2D eigenvalue weighted by molar-refractivity contribution is 5.99. The van der Waals surface area contributed by atoms with E-state index in [0.29, 0.717) is 31.4 Å². The van der Waals surface area contributed by atoms with E-state index in [4.69, 9.17) is 0 Å². The van der Waals surface area contributed by atoms with Crippen molar-refractivity contribution in [3.05, 3.63) is 41.5 Å². The molecule has 0 spiro atoms. The molecule has 3 amide bonds. The van der Waals surface area contributed by atoms with Gasteiger partial charge in [0.15, 0.2) is 0 Å². The number of benzene rings is 1. The minimum Gasteiger partial charge on any atom is -0.358 e. The van der Waals surface area contributed by atoms with Crippen molar-refractivity contribution < 1.29 is 14.4 Å². The molecule has 0 aromatic heterocycles. The first kappa shape index (κ1) is 18.7. The maximum Gasteiger partial charge on any atom is 0.254 e. The molecule has 0 unspecified atom stereocenters. The lowest BCUT2D eigenvalue weighted by molar-refractivity contribution is -0.121. The molecule has 0 radical (unpaired) electrons. The van der Waals surface area contributed by atoms with Crippen LogP contribution < -0.4 is 10.2 Å². The Morgan fingerprint density at radius 2 is 2.04 bits per heavy atom. The van der Waals surface area contributed by atoms with Gasteiger partial charge in [-0.25, -0.2) is 0 Å². The number of carbonyl (C=O) groups is 3. The van der Waals surface area contributed by atoms with Crippen LogP contribution in [0.2, 0.25) is 0 Å². The monoisotopic (exact) mass is 343 g/mol. The molecule has 1 aromatic carbocycles. The topological polar surface area (TPSA) is 69.7 Å². The van der Waals surface area contributed by atoms with Crippen LogP contribution in [0.3, 0.4) is 0 Å². The van der Waals surface area contributed by atoms with Crippen molar-refractivity contribution in [3.8, 4) is 0 Å². The van der Waals surface area contributed by atoms with Crippen molar-refractivity contribution in [1.82, 2.24) is 10.2 Å². The molecule has 6 nitrogen and oxygen atoms in total. The van der Waals surface area contributed by atoms with Gasteiger partial charge in [-0.3, -0.25) is 14.4 Å². The smallest absolute Gasteiger partial charge is 0.254 e. The fourth-order valence-electron chi connectivity index (χ4n) is 2.80. The highest BCUT2D eigenvalue weighted by Gasteiger charge is 2.24. The Kier molecular flexibility index (Phi) is 5.96. The minimum atomic E-state index is -0.210. The number of anilines is 1. The van der Waals surface area contributed by atoms with E-state index in [1.165, 1.54) is 4.90 Å². The summed E-state index contributed by atoms with van der Waals surface area (Å²) in [5.74, 6) is -0.320. The summed E-state index contributed by atoms with van der Waals surface area (Å²) in [5, 5.41) is 2.55. The molecule has 2 rings (SSSR count). The molecule has 1 N–H and O–H groups in total. The summed E-state index contributed by atoms with van der Waals surface area (Å²) >= 11 is 0. The Morgan fingerprint density at radius 3 is 2.68 bits per heavy atom. The Morgan fingerprint density at radius 1 is 1.32 bits per heavy atom. The minimum absolute atomic E-state index is 0.0120.